The van der Waals surface area contributed by atoms with Gasteiger partial charge in [0, 0.05) is 0 Å². The van der Waals surface area contributed by atoms with Gasteiger partial charge in [0.15, 0.2) is 0 Å². The third-order valence-electron chi connectivity index (χ3n) is 2.15. The molecule has 3 N–H and O–H groups in total. The van der Waals surface area contributed by atoms with Crippen molar-refractivity contribution < 1.29 is 9.53 Å². The Hall–Kier alpha value is -0.610. The van der Waals surface area contributed by atoms with Crippen LogP contribution in [0, 0.1) is 0 Å². The summed E-state index contributed by atoms with van der Waals surface area (Å²) in [6, 6.07) is 0. The first kappa shape index (κ1) is 9.48. The van der Waals surface area contributed by atoms with Crippen molar-refractivity contribution in [3.05, 3.63) is 0 Å². The highest BCUT2D eigenvalue weighted by atomic mass is 16.5. The lowest BCUT2D eigenvalue weighted by Gasteiger charge is -2.09. The lowest BCUT2D eigenvalue weighted by atomic mass is 10.3. The number of hydrogen-bond acceptors (Lipinski definition) is 3. The molecule has 0 bridgehead atoms. The van der Waals surface area contributed by atoms with Crippen LogP contribution in [-0.2, 0) is 9.53 Å². The molecule has 1 rings (SSSR count). The van der Waals surface area contributed by atoms with E-state index in [1.807, 2.05) is 0 Å². The topological polar surface area (TPSA) is 64.3 Å². The lowest BCUT2D eigenvalue weighted by Crippen LogP contribution is -2.31. The van der Waals surface area contributed by atoms with Crippen LogP contribution in [0.5, 0.6) is 0 Å². The second kappa shape index (κ2) is 5.11. The summed E-state index contributed by atoms with van der Waals surface area (Å²) < 4.78 is 5.46. The first-order chi connectivity index (χ1) is 5.83. The monoisotopic (exact) mass is 172 g/mol. The Kier molecular flexibility index (Phi) is 4.04. The van der Waals surface area contributed by atoms with Crippen LogP contribution in [0.3, 0.4) is 0 Å². The molecule has 0 unspecified atom stereocenters. The molecule has 0 aliphatic heterocycles. The highest BCUT2D eigenvalue weighted by molar-refractivity contribution is 5.75. The van der Waals surface area contributed by atoms with Crippen LogP contribution in [0.1, 0.15) is 32.1 Å². The van der Waals surface area contributed by atoms with Crippen LogP contribution >= 0.6 is 0 Å². The van der Waals surface area contributed by atoms with Gasteiger partial charge in [0.1, 0.15) is 0 Å². The maximum Gasteiger partial charge on any atom is 0.236 e. The number of rotatable bonds is 4. The zero-order chi connectivity index (χ0) is 8.81. The van der Waals surface area contributed by atoms with E-state index in [1.165, 1.54) is 12.8 Å². The Morgan fingerprint density at radius 1 is 1.50 bits per heavy atom. The summed E-state index contributed by atoms with van der Waals surface area (Å²) in [4.78, 5) is 10.7. The molecule has 0 aromatic carbocycles. The van der Waals surface area contributed by atoms with E-state index in [4.69, 9.17) is 10.6 Å². The van der Waals surface area contributed by atoms with Crippen LogP contribution in [0.15, 0.2) is 0 Å². The van der Waals surface area contributed by atoms with E-state index in [2.05, 4.69) is 5.43 Å². The van der Waals surface area contributed by atoms with E-state index >= 15 is 0 Å². The molecule has 0 saturated heterocycles. The number of hydrazine groups is 1. The van der Waals surface area contributed by atoms with Gasteiger partial charge in [-0.1, -0.05) is 12.8 Å². The first-order valence-corrected chi connectivity index (χ1v) is 4.44. The number of carbonyl (C=O) groups is 1. The minimum atomic E-state index is -0.159. The molecular weight excluding hydrogens is 156 g/mol. The molecule has 1 amide bonds. The number of nitrogens with one attached hydrogen (secondary N) is 1. The summed E-state index contributed by atoms with van der Waals surface area (Å²) in [5, 5.41) is 0. The van der Waals surface area contributed by atoms with Crippen molar-refractivity contribution in [3.8, 4) is 0 Å². The molecule has 0 radical (unpaired) electrons. The zero-order valence-electron chi connectivity index (χ0n) is 7.21. The molecule has 1 aliphatic rings. The number of amides is 1. The Bertz CT molecular complexity index is 144. The van der Waals surface area contributed by atoms with Crippen molar-refractivity contribution >= 4 is 5.91 Å². The fraction of sp³-hybridized carbons (Fsp3) is 0.875. The van der Waals surface area contributed by atoms with Gasteiger partial charge in [0.25, 0.3) is 0 Å². The Balaban J connectivity index is 1.97. The van der Waals surface area contributed by atoms with Crippen LogP contribution in [0.2, 0.25) is 0 Å². The van der Waals surface area contributed by atoms with Crippen molar-refractivity contribution in [1.82, 2.24) is 5.43 Å². The van der Waals surface area contributed by atoms with E-state index in [0.717, 1.165) is 12.8 Å². The predicted molar refractivity (Wildman–Crippen MR) is 45.2 cm³/mol. The summed E-state index contributed by atoms with van der Waals surface area (Å²) in [5.41, 5.74) is 2.07. The molecule has 0 aromatic rings. The van der Waals surface area contributed by atoms with Crippen molar-refractivity contribution in [1.29, 1.82) is 0 Å². The maximum atomic E-state index is 10.7. The van der Waals surface area contributed by atoms with E-state index in [0.29, 0.717) is 19.1 Å². The van der Waals surface area contributed by atoms with E-state index in [1.54, 1.807) is 0 Å². The molecule has 0 spiro atoms. The van der Waals surface area contributed by atoms with Crippen LogP contribution in [0.4, 0.5) is 0 Å². The van der Waals surface area contributed by atoms with Gasteiger partial charge in [0.05, 0.1) is 19.1 Å². The van der Waals surface area contributed by atoms with E-state index in [9.17, 15) is 4.79 Å². The SMILES string of the molecule is NNC(=O)CCOC1CCCC1. The van der Waals surface area contributed by atoms with Crippen molar-refractivity contribution in [2.75, 3.05) is 6.61 Å². The fourth-order valence-electron chi connectivity index (χ4n) is 1.45. The van der Waals surface area contributed by atoms with E-state index < -0.39 is 0 Å². The summed E-state index contributed by atoms with van der Waals surface area (Å²) in [7, 11) is 0. The Morgan fingerprint density at radius 2 is 2.17 bits per heavy atom. The third-order valence-corrected chi connectivity index (χ3v) is 2.15. The fourth-order valence-corrected chi connectivity index (χ4v) is 1.45. The molecule has 1 saturated carbocycles. The summed E-state index contributed by atoms with van der Waals surface area (Å²) >= 11 is 0. The van der Waals surface area contributed by atoms with Gasteiger partial charge in [-0.25, -0.2) is 5.84 Å². The van der Waals surface area contributed by atoms with Gasteiger partial charge in [-0.15, -0.1) is 0 Å². The molecular formula is C8H16N2O2. The average molecular weight is 172 g/mol. The Morgan fingerprint density at radius 3 is 2.75 bits per heavy atom. The van der Waals surface area contributed by atoms with Gasteiger partial charge >= 0.3 is 0 Å². The number of hydrogen-bond donors (Lipinski definition) is 2. The largest absolute Gasteiger partial charge is 0.378 e. The molecule has 12 heavy (non-hydrogen) atoms. The van der Waals surface area contributed by atoms with Gasteiger partial charge in [-0.05, 0) is 12.8 Å². The number of ether oxygens (including phenoxy) is 1. The maximum absolute atomic E-state index is 10.7. The highest BCUT2D eigenvalue weighted by Gasteiger charge is 2.15. The first-order valence-electron chi connectivity index (χ1n) is 4.44. The quantitative estimate of drug-likeness (QED) is 0.365. The summed E-state index contributed by atoms with van der Waals surface area (Å²) in [6.45, 7) is 0.494. The van der Waals surface area contributed by atoms with Crippen LogP contribution in [0.25, 0.3) is 0 Å². The van der Waals surface area contributed by atoms with Gasteiger partial charge in [0.2, 0.25) is 5.91 Å². The van der Waals surface area contributed by atoms with Crippen LogP contribution in [-0.4, -0.2) is 18.6 Å². The average Bonchev–Trinajstić information content (AvgIpc) is 2.57. The molecule has 0 atom stereocenters. The zero-order valence-corrected chi connectivity index (χ0v) is 7.21. The van der Waals surface area contributed by atoms with Crippen molar-refractivity contribution in [2.45, 2.75) is 38.2 Å². The minimum absolute atomic E-state index is 0.159. The van der Waals surface area contributed by atoms with Gasteiger partial charge < -0.3 is 4.74 Å². The van der Waals surface area contributed by atoms with E-state index in [-0.39, 0.29) is 5.91 Å². The smallest absolute Gasteiger partial charge is 0.236 e. The van der Waals surface area contributed by atoms with Crippen molar-refractivity contribution in [2.24, 2.45) is 5.84 Å². The minimum Gasteiger partial charge on any atom is -0.378 e. The highest BCUT2D eigenvalue weighted by Crippen LogP contribution is 2.20. The second-order valence-corrected chi connectivity index (χ2v) is 3.09. The van der Waals surface area contributed by atoms with Crippen molar-refractivity contribution in [3.63, 3.8) is 0 Å². The summed E-state index contributed by atoms with van der Waals surface area (Å²) in [5.74, 6) is 4.75. The van der Waals surface area contributed by atoms with Gasteiger partial charge in [-0.3, -0.25) is 10.2 Å². The second-order valence-electron chi connectivity index (χ2n) is 3.09. The molecule has 1 fully saturated rings. The lowest BCUT2D eigenvalue weighted by molar-refractivity contribution is -0.122. The predicted octanol–water partition coefficient (Wildman–Crippen LogP) is 0.326. The number of carbonyl (C=O) groups excluding carboxylic acids is 1. The molecule has 0 heterocycles. The van der Waals surface area contributed by atoms with Gasteiger partial charge in [-0.2, -0.15) is 0 Å². The third kappa shape index (κ3) is 3.19. The molecule has 70 valence electrons. The molecule has 1 aliphatic carbocycles. The molecule has 0 aromatic heterocycles. The molecule has 4 heteroatoms. The standard InChI is InChI=1S/C8H16N2O2/c9-10-8(11)5-6-12-7-3-1-2-4-7/h7H,1-6,9H2,(H,10,11). The number of nitrogens with two attached hydrogens (primary N) is 1. The van der Waals surface area contributed by atoms with Crippen LogP contribution < -0.4 is 11.3 Å². The molecule has 4 nitrogen and oxygen atoms in total. The normalized spacial score (nSPS) is 18.1. The summed E-state index contributed by atoms with van der Waals surface area (Å²) in [6.07, 6.45) is 5.55. The Labute approximate surface area is 72.4 Å².